The number of nitrogens with two attached hydrogens (primary N) is 2. The van der Waals surface area contributed by atoms with Crippen LogP contribution in [-0.2, 0) is 16.1 Å². The maximum Gasteiger partial charge on any atom is 0.223 e. The minimum Gasteiger partial charge on any atom is -0.391 e. The number of amides is 2. The van der Waals surface area contributed by atoms with Gasteiger partial charge in [0.05, 0.1) is 47.2 Å². The maximum atomic E-state index is 11.6. The Hall–Kier alpha value is -2.21. The summed E-state index contributed by atoms with van der Waals surface area (Å²) in [6, 6.07) is 0. The summed E-state index contributed by atoms with van der Waals surface area (Å²) in [5.74, 6) is 9.06. The maximum absolute atomic E-state index is 11.6. The summed E-state index contributed by atoms with van der Waals surface area (Å²) < 4.78 is 0. The molecule has 2 aliphatic rings. The molecule has 10 nitrogen and oxygen atoms in total. The fourth-order valence-electron chi connectivity index (χ4n) is 2.91. The summed E-state index contributed by atoms with van der Waals surface area (Å²) >= 11 is 1.72. The van der Waals surface area contributed by atoms with Crippen LogP contribution in [0.15, 0.2) is 18.1 Å². The number of aliphatic hydroxyl groups excluding tert-OH is 1. The van der Waals surface area contributed by atoms with Crippen LogP contribution in [0.5, 0.6) is 0 Å². The van der Waals surface area contributed by atoms with Crippen molar-refractivity contribution in [3.8, 4) is 0 Å². The molecule has 0 radical (unpaired) electrons. The van der Waals surface area contributed by atoms with Crippen molar-refractivity contribution >= 4 is 29.0 Å². The lowest BCUT2D eigenvalue weighted by Crippen LogP contribution is -2.32. The number of allylic oxidation sites excluding steroid dienone is 1. The van der Waals surface area contributed by atoms with Crippen molar-refractivity contribution in [3.63, 3.8) is 0 Å². The average Bonchev–Trinajstić information content (AvgIpc) is 3.43. The Morgan fingerprint density at radius 1 is 1.33 bits per heavy atom. The molecule has 2 aliphatic heterocycles. The van der Waals surface area contributed by atoms with Gasteiger partial charge in [0.25, 0.3) is 0 Å². The average molecular weight is 484 g/mol. The number of β-amino-alcohol motifs (C(OH)–C–C–N with tert-alkyl or cyclic N) is 1. The highest BCUT2D eigenvalue weighted by molar-refractivity contribution is 8.08. The Kier molecular flexibility index (Phi) is 15.3. The number of aliphatic hydroxyl groups is 1. The van der Waals surface area contributed by atoms with E-state index in [1.165, 1.54) is 0 Å². The largest absolute Gasteiger partial charge is 0.391 e. The SMILES string of the molecule is CC.CC(C)(C)CC(=O)N1CCC(O)C1.CC1=C(c2cnc(CNC=O)cn2)SCN1.NN. The third-order valence-corrected chi connectivity index (χ3v) is 5.49. The minimum absolute atomic E-state index is 0.0463. The smallest absolute Gasteiger partial charge is 0.223 e. The lowest BCUT2D eigenvalue weighted by atomic mass is 9.92. The molecule has 11 heteroatoms. The topological polar surface area (TPSA) is 159 Å². The number of carbonyl (C=O) groups excluding carboxylic acids is 2. The van der Waals surface area contributed by atoms with Gasteiger partial charge in [0.1, 0.15) is 0 Å². The second-order valence-electron chi connectivity index (χ2n) is 8.33. The Bertz CT molecular complexity index is 737. The zero-order chi connectivity index (χ0) is 25.4. The van der Waals surface area contributed by atoms with Crippen molar-refractivity contribution in [3.05, 3.63) is 29.5 Å². The number of carbonyl (C=O) groups is 2. The van der Waals surface area contributed by atoms with Gasteiger partial charge in [-0.15, -0.1) is 11.8 Å². The number of hydrogen-bond donors (Lipinski definition) is 5. The van der Waals surface area contributed by atoms with E-state index in [0.717, 1.165) is 40.8 Å². The molecule has 3 heterocycles. The van der Waals surface area contributed by atoms with Crippen LogP contribution in [0.25, 0.3) is 4.91 Å². The van der Waals surface area contributed by atoms with Gasteiger partial charge in [0.15, 0.2) is 0 Å². The van der Waals surface area contributed by atoms with Gasteiger partial charge in [-0.3, -0.25) is 31.2 Å². The van der Waals surface area contributed by atoms with Gasteiger partial charge < -0.3 is 20.6 Å². The summed E-state index contributed by atoms with van der Waals surface area (Å²) in [5, 5.41) is 15.0. The second kappa shape index (κ2) is 16.4. The quantitative estimate of drug-likeness (QED) is 0.238. The fraction of sp³-hybridized carbons (Fsp3) is 0.636. The van der Waals surface area contributed by atoms with E-state index >= 15 is 0 Å². The zero-order valence-electron chi connectivity index (χ0n) is 20.7. The van der Waals surface area contributed by atoms with Gasteiger partial charge in [-0.05, 0) is 18.8 Å². The summed E-state index contributed by atoms with van der Waals surface area (Å²) in [6.07, 6.45) is 5.07. The number of nitrogens with zero attached hydrogens (tertiary/aromatic N) is 3. The van der Waals surface area contributed by atoms with Crippen LogP contribution in [0.2, 0.25) is 0 Å². The lowest BCUT2D eigenvalue weighted by Gasteiger charge is -2.22. The van der Waals surface area contributed by atoms with Crippen molar-refractivity contribution < 1.29 is 14.7 Å². The third kappa shape index (κ3) is 12.0. The predicted molar refractivity (Wildman–Crippen MR) is 134 cm³/mol. The Labute approximate surface area is 202 Å². The van der Waals surface area contributed by atoms with Crippen LogP contribution < -0.4 is 22.3 Å². The Morgan fingerprint density at radius 3 is 2.42 bits per heavy atom. The van der Waals surface area contributed by atoms with Crippen molar-refractivity contribution in [2.45, 2.75) is 67.0 Å². The highest BCUT2D eigenvalue weighted by Gasteiger charge is 2.27. The van der Waals surface area contributed by atoms with Crippen molar-refractivity contribution in [1.29, 1.82) is 0 Å². The number of hydrazine groups is 1. The molecule has 188 valence electrons. The first kappa shape index (κ1) is 30.8. The number of hydrogen-bond acceptors (Lipinski definition) is 9. The van der Waals surface area contributed by atoms with E-state index in [9.17, 15) is 14.7 Å². The molecule has 0 saturated carbocycles. The molecular formula is C22H41N7O3S. The molecule has 1 atom stereocenters. The molecule has 1 aromatic heterocycles. The molecule has 0 spiro atoms. The molecule has 33 heavy (non-hydrogen) atoms. The summed E-state index contributed by atoms with van der Waals surface area (Å²) in [7, 11) is 0. The highest BCUT2D eigenvalue weighted by Crippen LogP contribution is 2.31. The van der Waals surface area contributed by atoms with Gasteiger partial charge in [0.2, 0.25) is 12.3 Å². The van der Waals surface area contributed by atoms with Crippen LogP contribution in [0.1, 0.15) is 65.8 Å². The number of likely N-dealkylation sites (tertiary alicyclic amines) is 1. The van der Waals surface area contributed by atoms with Crippen LogP contribution in [-0.4, -0.2) is 57.4 Å². The first-order valence-corrected chi connectivity index (χ1v) is 12.0. The number of aromatic nitrogens is 2. The Morgan fingerprint density at radius 2 is 2.00 bits per heavy atom. The summed E-state index contributed by atoms with van der Waals surface area (Å²) in [6.45, 7) is 13.8. The van der Waals surface area contributed by atoms with E-state index in [0.29, 0.717) is 25.9 Å². The van der Waals surface area contributed by atoms with Crippen LogP contribution in [0.3, 0.4) is 0 Å². The standard InChI is InChI=1S/C10H12N4OS.C10H19NO2.C2H6.H4N2/c1-7-10(16-6-14-7)9-4-12-8(3-13-9)2-11-5-15;1-10(2,3)6-9(13)11-5-4-8(12)7-11;2*1-2/h3-5,14H,2,6H2,1H3,(H,11,15);8,12H,4-7H2,1-3H3;1-2H3;1-2H2. The highest BCUT2D eigenvalue weighted by atomic mass is 32.2. The normalized spacial score (nSPS) is 16.9. The van der Waals surface area contributed by atoms with Crippen LogP contribution in [0, 0.1) is 5.41 Å². The molecule has 0 aromatic carbocycles. The lowest BCUT2D eigenvalue weighted by molar-refractivity contribution is -0.132. The van der Waals surface area contributed by atoms with Crippen molar-refractivity contribution in [2.24, 2.45) is 17.1 Å². The zero-order valence-corrected chi connectivity index (χ0v) is 21.5. The van der Waals surface area contributed by atoms with E-state index in [2.05, 4.69) is 53.1 Å². The van der Waals surface area contributed by atoms with Gasteiger partial charge in [-0.1, -0.05) is 34.6 Å². The van der Waals surface area contributed by atoms with Crippen LogP contribution in [0.4, 0.5) is 0 Å². The van der Waals surface area contributed by atoms with Gasteiger partial charge in [-0.2, -0.15) is 0 Å². The van der Waals surface area contributed by atoms with Crippen LogP contribution >= 0.6 is 11.8 Å². The second-order valence-corrected chi connectivity index (χ2v) is 9.32. The van der Waals surface area contributed by atoms with Gasteiger partial charge in [0, 0.05) is 25.2 Å². The van der Waals surface area contributed by atoms with Crippen molar-refractivity contribution in [2.75, 3.05) is 19.0 Å². The molecule has 1 fully saturated rings. The molecule has 0 aliphatic carbocycles. The summed E-state index contributed by atoms with van der Waals surface area (Å²) in [4.78, 5) is 33.2. The van der Waals surface area contributed by atoms with E-state index in [1.54, 1.807) is 29.1 Å². The third-order valence-electron chi connectivity index (χ3n) is 4.40. The first-order valence-electron chi connectivity index (χ1n) is 11.0. The predicted octanol–water partition coefficient (Wildman–Crippen LogP) is 1.57. The molecular weight excluding hydrogens is 442 g/mol. The van der Waals surface area contributed by atoms with E-state index < -0.39 is 0 Å². The van der Waals surface area contributed by atoms with E-state index in [4.69, 9.17) is 0 Å². The van der Waals surface area contributed by atoms with Gasteiger partial charge >= 0.3 is 0 Å². The number of thioether (sulfide) groups is 1. The van der Waals surface area contributed by atoms with Crippen molar-refractivity contribution in [1.82, 2.24) is 25.5 Å². The molecule has 0 bridgehead atoms. The molecule has 1 saturated heterocycles. The fourth-order valence-corrected chi connectivity index (χ4v) is 3.89. The molecule has 7 N–H and O–H groups in total. The monoisotopic (exact) mass is 483 g/mol. The minimum atomic E-state index is -0.302. The first-order chi connectivity index (χ1) is 15.7. The van der Waals surface area contributed by atoms with E-state index in [1.807, 2.05) is 20.8 Å². The van der Waals surface area contributed by atoms with Gasteiger partial charge in [-0.25, -0.2) is 0 Å². The number of rotatable bonds is 5. The summed E-state index contributed by atoms with van der Waals surface area (Å²) in [5.41, 5.74) is 2.82. The number of nitrogens with one attached hydrogen (secondary N) is 2. The van der Waals surface area contributed by atoms with E-state index in [-0.39, 0.29) is 17.4 Å². The molecule has 3 rings (SSSR count). The Balaban J connectivity index is 0.000000549. The molecule has 1 unspecified atom stereocenters. The molecule has 2 amide bonds. The molecule has 1 aromatic rings.